The Bertz CT molecular complexity index is 599. The maximum absolute atomic E-state index is 6.37. The average Bonchev–Trinajstić information content (AvgIpc) is 3.11. The number of benzene rings is 2. The van der Waals surface area contributed by atoms with Crippen molar-refractivity contribution in [2.24, 2.45) is 0 Å². The van der Waals surface area contributed by atoms with Gasteiger partial charge >= 0.3 is 7.62 Å². The van der Waals surface area contributed by atoms with Crippen LogP contribution in [0.5, 0.6) is 0 Å². The van der Waals surface area contributed by atoms with Gasteiger partial charge in [0.05, 0.1) is 0 Å². The smallest absolute Gasteiger partial charge is 0.356 e. The number of fused-ring (bicyclic) bond motifs is 1. The second-order valence-electron chi connectivity index (χ2n) is 5.53. The summed E-state index contributed by atoms with van der Waals surface area (Å²) in [6.45, 7) is 0. The van der Waals surface area contributed by atoms with E-state index in [4.69, 9.17) is 4.65 Å². The molecule has 20 heavy (non-hydrogen) atoms. The molecule has 2 aromatic rings. The number of rotatable bonds is 2. The van der Waals surface area contributed by atoms with Crippen molar-refractivity contribution in [1.29, 1.82) is 0 Å². The quantitative estimate of drug-likeness (QED) is 0.757. The molecule has 0 radical (unpaired) electrons. The minimum Gasteiger partial charge on any atom is -0.356 e. The summed E-state index contributed by atoms with van der Waals surface area (Å²) in [7, 11) is 0.689. The van der Waals surface area contributed by atoms with Crippen molar-refractivity contribution < 1.29 is 9.14 Å². The van der Waals surface area contributed by atoms with E-state index in [2.05, 4.69) is 71.4 Å². The van der Waals surface area contributed by atoms with Gasteiger partial charge in [-0.3, -0.25) is 4.49 Å². The molecule has 0 bridgehead atoms. The summed E-state index contributed by atoms with van der Waals surface area (Å²) in [4.78, 5) is 0. The molecule has 1 saturated heterocycles. The molecule has 2 aliphatic heterocycles. The van der Waals surface area contributed by atoms with Gasteiger partial charge in [0, 0.05) is 12.8 Å². The van der Waals surface area contributed by atoms with Crippen LogP contribution in [-0.2, 0) is 10.3 Å². The van der Waals surface area contributed by atoms with Crippen LogP contribution in [-0.4, -0.2) is 24.4 Å². The maximum Gasteiger partial charge on any atom is 0.639 e. The molecule has 1 fully saturated rings. The lowest BCUT2D eigenvalue weighted by Crippen LogP contribution is -2.39. The Morgan fingerprint density at radius 3 is 2.15 bits per heavy atom. The van der Waals surface area contributed by atoms with E-state index in [1.54, 1.807) is 0 Å². The van der Waals surface area contributed by atoms with Gasteiger partial charge in [0.1, 0.15) is 6.21 Å². The molecule has 0 aromatic heterocycles. The zero-order valence-electron chi connectivity index (χ0n) is 11.4. The van der Waals surface area contributed by atoms with Gasteiger partial charge in [0.25, 0.3) is 0 Å². The lowest BCUT2D eigenvalue weighted by molar-refractivity contribution is -0.412. The normalized spacial score (nSPS) is 23.0. The summed E-state index contributed by atoms with van der Waals surface area (Å²) < 4.78 is 8.74. The highest BCUT2D eigenvalue weighted by atomic mass is 16.5. The number of hydrogen-bond donors (Lipinski definition) is 0. The highest BCUT2D eigenvalue weighted by Crippen LogP contribution is 2.44. The van der Waals surface area contributed by atoms with Gasteiger partial charge in [-0.25, -0.2) is 0 Å². The van der Waals surface area contributed by atoms with E-state index in [-0.39, 0.29) is 5.60 Å². The predicted octanol–water partition coefficient (Wildman–Crippen LogP) is 2.47. The molecule has 1 atom stereocenters. The van der Waals surface area contributed by atoms with Crippen LogP contribution in [0, 0.1) is 0 Å². The lowest BCUT2D eigenvalue weighted by atomic mass is 9.79. The molecule has 98 valence electrons. The zero-order chi connectivity index (χ0) is 13.4. The van der Waals surface area contributed by atoms with Crippen molar-refractivity contribution >= 4 is 13.8 Å². The van der Waals surface area contributed by atoms with Gasteiger partial charge in [-0.15, -0.1) is 0 Å². The standard InChI is InChI=1S/C17H17BNO/c1-3-8-14(9-4-1)17(15-10-5-2-6-11-15)16-12-7-13-19(16)18-20-17/h1-6,8-11,13,16,18H,7,12H2/q+1. The topological polar surface area (TPSA) is 12.2 Å². The molecule has 0 N–H and O–H groups in total. The van der Waals surface area contributed by atoms with Crippen molar-refractivity contribution in [3.63, 3.8) is 0 Å². The van der Waals surface area contributed by atoms with E-state index in [1.807, 2.05) is 0 Å². The van der Waals surface area contributed by atoms with E-state index < -0.39 is 0 Å². The molecule has 0 spiro atoms. The van der Waals surface area contributed by atoms with Crippen molar-refractivity contribution in [2.75, 3.05) is 0 Å². The summed E-state index contributed by atoms with van der Waals surface area (Å²) in [5, 5.41) is 0. The van der Waals surface area contributed by atoms with Gasteiger partial charge in [-0.2, -0.15) is 0 Å². The van der Waals surface area contributed by atoms with Crippen LogP contribution in [0.3, 0.4) is 0 Å². The fourth-order valence-corrected chi connectivity index (χ4v) is 3.63. The van der Waals surface area contributed by atoms with E-state index >= 15 is 0 Å². The van der Waals surface area contributed by atoms with Crippen LogP contribution >= 0.6 is 0 Å². The van der Waals surface area contributed by atoms with Crippen LogP contribution < -0.4 is 0 Å². The highest BCUT2D eigenvalue weighted by molar-refractivity contribution is 6.18. The fourth-order valence-electron chi connectivity index (χ4n) is 3.63. The Morgan fingerprint density at radius 2 is 1.55 bits per heavy atom. The molecule has 2 nitrogen and oxygen atoms in total. The SMILES string of the molecule is B1OC(c2ccccc2)(c2ccccc2)C2CCC=[N+]12. The number of hydrogen-bond acceptors (Lipinski definition) is 1. The summed E-state index contributed by atoms with van der Waals surface area (Å²) in [5.41, 5.74) is 2.19. The minimum absolute atomic E-state index is 0.324. The monoisotopic (exact) mass is 262 g/mol. The van der Waals surface area contributed by atoms with Crippen molar-refractivity contribution in [3.8, 4) is 0 Å². The fraction of sp³-hybridized carbons (Fsp3) is 0.235. The molecule has 2 aliphatic rings. The molecule has 2 heterocycles. The zero-order valence-corrected chi connectivity index (χ0v) is 11.4. The van der Waals surface area contributed by atoms with E-state index in [9.17, 15) is 0 Å². The maximum atomic E-state index is 6.37. The van der Waals surface area contributed by atoms with E-state index in [0.29, 0.717) is 13.7 Å². The summed E-state index contributed by atoms with van der Waals surface area (Å²) in [5.74, 6) is 0. The van der Waals surface area contributed by atoms with Crippen LogP contribution in [0.1, 0.15) is 24.0 Å². The van der Waals surface area contributed by atoms with Crippen LogP contribution in [0.2, 0.25) is 0 Å². The van der Waals surface area contributed by atoms with Gasteiger partial charge in [-0.1, -0.05) is 60.7 Å². The predicted molar refractivity (Wildman–Crippen MR) is 81.2 cm³/mol. The molecule has 0 aliphatic carbocycles. The van der Waals surface area contributed by atoms with Gasteiger partial charge in [0.2, 0.25) is 0 Å². The largest absolute Gasteiger partial charge is 0.639 e. The van der Waals surface area contributed by atoms with Crippen molar-refractivity contribution in [1.82, 2.24) is 0 Å². The molecule has 4 rings (SSSR count). The van der Waals surface area contributed by atoms with Crippen LogP contribution in [0.4, 0.5) is 0 Å². The highest BCUT2D eigenvalue weighted by Gasteiger charge is 2.57. The Labute approximate surface area is 120 Å². The summed E-state index contributed by atoms with van der Waals surface area (Å²) in [6.07, 6.45) is 4.59. The molecular weight excluding hydrogens is 245 g/mol. The van der Waals surface area contributed by atoms with Gasteiger partial charge < -0.3 is 4.65 Å². The van der Waals surface area contributed by atoms with Gasteiger partial charge in [-0.05, 0) is 11.1 Å². The van der Waals surface area contributed by atoms with Gasteiger partial charge in [0.15, 0.2) is 11.6 Å². The molecule has 0 amide bonds. The second kappa shape index (κ2) is 4.60. The minimum atomic E-state index is -0.324. The Hall–Kier alpha value is -1.87. The molecule has 3 heteroatoms. The first-order valence-electron chi connectivity index (χ1n) is 7.25. The third-order valence-corrected chi connectivity index (χ3v) is 4.52. The second-order valence-corrected chi connectivity index (χ2v) is 5.53. The van der Waals surface area contributed by atoms with E-state index in [0.717, 1.165) is 12.8 Å². The van der Waals surface area contributed by atoms with Crippen molar-refractivity contribution in [3.05, 3.63) is 71.8 Å². The third-order valence-electron chi connectivity index (χ3n) is 4.52. The summed E-state index contributed by atoms with van der Waals surface area (Å²) in [6, 6.07) is 21.7. The first kappa shape index (κ1) is 11.9. The molecular formula is C17H17BNO+. The number of nitrogens with zero attached hydrogens (tertiary/aromatic N) is 1. The lowest BCUT2D eigenvalue weighted by Gasteiger charge is -2.31. The Balaban J connectivity index is 1.93. The molecule has 2 aromatic carbocycles. The first-order chi connectivity index (χ1) is 9.91. The first-order valence-corrected chi connectivity index (χ1v) is 7.25. The Morgan fingerprint density at radius 1 is 0.950 bits per heavy atom. The average molecular weight is 262 g/mol. The van der Waals surface area contributed by atoms with Crippen LogP contribution in [0.15, 0.2) is 60.7 Å². The third kappa shape index (κ3) is 1.60. The molecule has 0 saturated carbocycles. The van der Waals surface area contributed by atoms with Crippen LogP contribution in [0.25, 0.3) is 0 Å². The molecule has 1 unspecified atom stereocenters. The Kier molecular flexibility index (Phi) is 2.74. The van der Waals surface area contributed by atoms with E-state index in [1.165, 1.54) is 11.1 Å². The van der Waals surface area contributed by atoms with Crippen molar-refractivity contribution in [2.45, 2.75) is 24.5 Å². The summed E-state index contributed by atoms with van der Waals surface area (Å²) >= 11 is 0.